The van der Waals surface area contributed by atoms with Crippen LogP contribution in [0.2, 0.25) is 0 Å². The fourth-order valence-electron chi connectivity index (χ4n) is 0.0867. The topological polar surface area (TPSA) is 50.1 Å². The molecule has 0 amide bonds. The van der Waals surface area contributed by atoms with Crippen LogP contribution in [0.4, 0.5) is 0 Å². The van der Waals surface area contributed by atoms with E-state index in [1.807, 2.05) is 0 Å². The molecule has 0 spiro atoms. The van der Waals surface area contributed by atoms with Gasteiger partial charge in [0, 0.05) is 6.08 Å². The van der Waals surface area contributed by atoms with Crippen LogP contribution in [0, 0.1) is 11.5 Å². The minimum Gasteiger partial charge on any atom is -0.347 e. The van der Waals surface area contributed by atoms with Crippen LogP contribution in [0.5, 0.6) is 0 Å². The summed E-state index contributed by atoms with van der Waals surface area (Å²) in [5, 5.41) is 7.63. The molecule has 3 heteroatoms. The maximum atomic E-state index is 9.85. The zero-order valence-corrected chi connectivity index (χ0v) is 6.96. The van der Waals surface area contributed by atoms with Gasteiger partial charge in [-0.05, 0) is 0 Å². The molecular formula is C8H13NO2. The molecule has 0 aromatic carbocycles. The summed E-state index contributed by atoms with van der Waals surface area (Å²) in [6.45, 7) is 7.41. The summed E-state index contributed by atoms with van der Waals surface area (Å²) >= 11 is 0. The van der Waals surface area contributed by atoms with Crippen molar-refractivity contribution >= 4 is 5.97 Å². The molecule has 3 nitrogen and oxygen atoms in total. The van der Waals surface area contributed by atoms with Crippen LogP contribution in [-0.2, 0) is 9.53 Å². The van der Waals surface area contributed by atoms with Gasteiger partial charge in [-0.3, -0.25) is 0 Å². The van der Waals surface area contributed by atoms with Gasteiger partial charge in [-0.1, -0.05) is 33.3 Å². The van der Waals surface area contributed by atoms with Gasteiger partial charge >= 0.3 is 5.97 Å². The van der Waals surface area contributed by atoms with Gasteiger partial charge in [-0.2, -0.15) is 0 Å². The van der Waals surface area contributed by atoms with E-state index in [2.05, 4.69) is 25.2 Å². The number of hydrogen-bond donors (Lipinski definition) is 0. The van der Waals surface area contributed by atoms with Crippen molar-refractivity contribution < 1.29 is 9.53 Å². The van der Waals surface area contributed by atoms with Crippen LogP contribution in [0.3, 0.4) is 0 Å². The Morgan fingerprint density at radius 1 is 1.64 bits per heavy atom. The number of ether oxygens (including phenoxy) is 1. The van der Waals surface area contributed by atoms with E-state index in [0.717, 1.165) is 6.08 Å². The Balaban J connectivity index is 0. The zero-order valence-electron chi connectivity index (χ0n) is 6.96. The molecule has 0 aromatic rings. The highest BCUT2D eigenvalue weighted by Gasteiger charge is 1.87. The summed E-state index contributed by atoms with van der Waals surface area (Å²) in [5.41, 5.74) is 0. The van der Waals surface area contributed by atoms with Gasteiger partial charge in [-0.25, -0.2) is 4.79 Å². The number of nitriles is 1. The lowest BCUT2D eigenvalue weighted by Gasteiger charge is -1.77. The molecule has 11 heavy (non-hydrogen) atoms. The van der Waals surface area contributed by atoms with E-state index < -0.39 is 5.97 Å². The summed E-state index contributed by atoms with van der Waals surface area (Å²) in [6, 6.07) is 0. The maximum absolute atomic E-state index is 9.85. The fourth-order valence-corrected chi connectivity index (χ4v) is 0.0867. The van der Waals surface area contributed by atoms with E-state index in [0.29, 0.717) is 0 Å². The number of rotatable bonds is 2. The largest absolute Gasteiger partial charge is 0.347 e. The molecule has 0 heterocycles. The average Bonchev–Trinajstić information content (AvgIpc) is 2.05. The van der Waals surface area contributed by atoms with E-state index in [4.69, 9.17) is 5.26 Å². The van der Waals surface area contributed by atoms with Crippen molar-refractivity contribution in [3.05, 3.63) is 12.7 Å². The predicted molar refractivity (Wildman–Crippen MR) is 42.5 cm³/mol. The Kier molecular flexibility index (Phi) is 12.9. The van der Waals surface area contributed by atoms with Gasteiger partial charge in [-0.15, -0.1) is 5.26 Å². The molecule has 0 radical (unpaired) electrons. The Bertz CT molecular complexity index is 145. The lowest BCUT2D eigenvalue weighted by molar-refractivity contribution is -0.131. The van der Waals surface area contributed by atoms with Crippen LogP contribution in [0.25, 0.3) is 0 Å². The highest BCUT2D eigenvalue weighted by atomic mass is 16.5. The SMILES string of the molecule is C=CC(=O)OC#N.CCCC. The quantitative estimate of drug-likeness (QED) is 0.348. The monoisotopic (exact) mass is 155 g/mol. The molecule has 0 saturated heterocycles. The highest BCUT2D eigenvalue weighted by molar-refractivity contribution is 5.81. The third-order valence-electron chi connectivity index (χ3n) is 0.813. The summed E-state index contributed by atoms with van der Waals surface area (Å²) in [5.74, 6) is -0.720. The first-order valence-electron chi connectivity index (χ1n) is 3.45. The second kappa shape index (κ2) is 11.5. The van der Waals surface area contributed by atoms with Gasteiger partial charge in [0.2, 0.25) is 0 Å². The fraction of sp³-hybridized carbons (Fsp3) is 0.500. The molecule has 0 aliphatic heterocycles. The van der Waals surface area contributed by atoms with Gasteiger partial charge in [0.05, 0.1) is 0 Å². The molecule has 0 unspecified atom stereocenters. The molecule has 0 atom stereocenters. The molecule has 0 fully saturated rings. The Morgan fingerprint density at radius 3 is 2.18 bits per heavy atom. The molecule has 0 bridgehead atoms. The van der Waals surface area contributed by atoms with Crippen molar-refractivity contribution in [3.63, 3.8) is 0 Å². The molecule has 0 aliphatic rings. The maximum Gasteiger partial charge on any atom is 0.345 e. The van der Waals surface area contributed by atoms with Gasteiger partial charge < -0.3 is 4.74 Å². The Labute approximate surface area is 67.3 Å². The van der Waals surface area contributed by atoms with Crippen molar-refractivity contribution in [1.82, 2.24) is 0 Å². The Morgan fingerprint density at radius 2 is 2.09 bits per heavy atom. The van der Waals surface area contributed by atoms with E-state index in [9.17, 15) is 4.79 Å². The number of hydrogen-bond acceptors (Lipinski definition) is 3. The lowest BCUT2D eigenvalue weighted by Crippen LogP contribution is -1.91. The third kappa shape index (κ3) is 17.7. The van der Waals surface area contributed by atoms with Crippen molar-refractivity contribution in [1.29, 1.82) is 5.26 Å². The van der Waals surface area contributed by atoms with Crippen molar-refractivity contribution in [2.45, 2.75) is 26.7 Å². The predicted octanol–water partition coefficient (Wildman–Crippen LogP) is 2.00. The summed E-state index contributed by atoms with van der Waals surface area (Å²) in [6.07, 6.45) is 4.76. The van der Waals surface area contributed by atoms with Gasteiger partial charge in [0.25, 0.3) is 6.26 Å². The van der Waals surface area contributed by atoms with E-state index in [1.165, 1.54) is 19.1 Å². The zero-order chi connectivity index (χ0) is 9.11. The van der Waals surface area contributed by atoms with E-state index in [1.54, 1.807) is 0 Å². The first-order chi connectivity index (χ1) is 5.22. The van der Waals surface area contributed by atoms with Gasteiger partial charge in [0.15, 0.2) is 0 Å². The third-order valence-corrected chi connectivity index (χ3v) is 0.813. The second-order valence-electron chi connectivity index (χ2n) is 1.72. The van der Waals surface area contributed by atoms with E-state index >= 15 is 0 Å². The molecule has 0 aliphatic carbocycles. The molecule has 0 rings (SSSR count). The minimum absolute atomic E-state index is 0.720. The van der Waals surface area contributed by atoms with Crippen molar-refractivity contribution in [2.24, 2.45) is 0 Å². The van der Waals surface area contributed by atoms with Crippen molar-refractivity contribution in [3.8, 4) is 6.26 Å². The first kappa shape index (κ1) is 12.4. The number of esters is 1. The lowest BCUT2D eigenvalue weighted by atomic mass is 10.4. The number of nitrogens with zero attached hydrogens (tertiary/aromatic N) is 1. The first-order valence-corrected chi connectivity index (χ1v) is 3.45. The molecule has 0 N–H and O–H groups in total. The normalized spacial score (nSPS) is 6.64. The van der Waals surface area contributed by atoms with Crippen LogP contribution < -0.4 is 0 Å². The van der Waals surface area contributed by atoms with Crippen LogP contribution in [-0.4, -0.2) is 5.97 Å². The number of carbonyl (C=O) groups excluding carboxylic acids is 1. The smallest absolute Gasteiger partial charge is 0.345 e. The average molecular weight is 155 g/mol. The molecule has 0 aromatic heterocycles. The number of unbranched alkanes of at least 4 members (excludes halogenated alkanes) is 1. The second-order valence-corrected chi connectivity index (χ2v) is 1.72. The summed E-state index contributed by atoms with van der Waals surface area (Å²) < 4.78 is 3.74. The van der Waals surface area contributed by atoms with E-state index in [-0.39, 0.29) is 0 Å². The van der Waals surface area contributed by atoms with Crippen LogP contribution in [0.15, 0.2) is 12.7 Å². The van der Waals surface area contributed by atoms with Crippen molar-refractivity contribution in [2.75, 3.05) is 0 Å². The summed E-state index contributed by atoms with van der Waals surface area (Å²) in [4.78, 5) is 9.85. The Hall–Kier alpha value is -1.30. The van der Waals surface area contributed by atoms with Crippen LogP contribution in [0.1, 0.15) is 26.7 Å². The highest BCUT2D eigenvalue weighted by Crippen LogP contribution is 1.76. The number of carbonyl (C=O) groups is 1. The minimum atomic E-state index is -0.720. The molecule has 62 valence electrons. The summed E-state index contributed by atoms with van der Waals surface area (Å²) in [7, 11) is 0. The molecular weight excluding hydrogens is 142 g/mol. The molecule has 0 saturated carbocycles. The van der Waals surface area contributed by atoms with Gasteiger partial charge in [0.1, 0.15) is 0 Å². The standard InChI is InChI=1S/C4H3NO2.C4H10/c1-2-4(6)7-3-5;1-3-4-2/h2H,1H2;3-4H2,1-2H3. The van der Waals surface area contributed by atoms with Crippen LogP contribution >= 0.6 is 0 Å².